The second kappa shape index (κ2) is 5.21. The Balaban J connectivity index is 3.03. The molecule has 0 saturated carbocycles. The number of benzene rings is 1. The van der Waals surface area contributed by atoms with Crippen molar-refractivity contribution in [3.63, 3.8) is 0 Å². The quantitative estimate of drug-likeness (QED) is 0.605. The third kappa shape index (κ3) is 4.03. The van der Waals surface area contributed by atoms with Gasteiger partial charge in [0.1, 0.15) is 0 Å². The lowest BCUT2D eigenvalue weighted by atomic mass is 10.1. The highest BCUT2D eigenvalue weighted by Crippen LogP contribution is 2.31. The molecule has 0 aliphatic carbocycles. The summed E-state index contributed by atoms with van der Waals surface area (Å²) in [5.74, 6) is 3.28. The van der Waals surface area contributed by atoms with Crippen LogP contribution in [-0.2, 0) is 11.0 Å². The van der Waals surface area contributed by atoms with Crippen molar-refractivity contribution < 1.29 is 23.1 Å². The number of carboxylic acids is 1. The number of aliphatic carboxylic acids is 1. The van der Waals surface area contributed by atoms with E-state index in [1.54, 1.807) is 0 Å². The van der Waals surface area contributed by atoms with Gasteiger partial charge in [-0.15, -0.1) is 0 Å². The van der Waals surface area contributed by atoms with E-state index in [9.17, 15) is 18.0 Å². The van der Waals surface area contributed by atoms with Crippen LogP contribution >= 0.6 is 0 Å². The molecule has 0 aromatic heterocycles. The second-order valence-corrected chi connectivity index (χ2v) is 2.98. The maximum Gasteiger partial charge on any atom is 0.417 e. The number of halogens is 3. The molecule has 1 aromatic rings. The minimum absolute atomic E-state index is 0.185. The predicted molar refractivity (Wildman–Crippen MR) is 55.1 cm³/mol. The third-order valence-corrected chi connectivity index (χ3v) is 1.75. The van der Waals surface area contributed by atoms with E-state index in [1.807, 2.05) is 0 Å². The lowest BCUT2D eigenvalue weighted by molar-refractivity contribution is -0.137. The Kier molecular flexibility index (Phi) is 3.94. The minimum Gasteiger partial charge on any atom is -0.478 e. The van der Waals surface area contributed by atoms with E-state index >= 15 is 0 Å². The highest BCUT2D eigenvalue weighted by atomic mass is 19.4. The molecule has 17 heavy (non-hydrogen) atoms. The number of hydrogen-bond donors (Lipinski definition) is 1. The summed E-state index contributed by atoms with van der Waals surface area (Å²) in [7, 11) is 0. The summed E-state index contributed by atoms with van der Waals surface area (Å²) in [4.78, 5) is 10.1. The van der Waals surface area contributed by atoms with Crippen molar-refractivity contribution in [2.45, 2.75) is 6.18 Å². The molecule has 0 aliphatic rings. The largest absolute Gasteiger partial charge is 0.478 e. The second-order valence-electron chi connectivity index (χ2n) is 2.98. The highest BCUT2D eigenvalue weighted by Gasteiger charge is 2.32. The summed E-state index contributed by atoms with van der Waals surface area (Å²) in [5.41, 5.74) is -1.02. The van der Waals surface area contributed by atoms with Gasteiger partial charge in [0.2, 0.25) is 0 Å². The van der Waals surface area contributed by atoms with E-state index in [1.165, 1.54) is 18.2 Å². The van der Waals surface area contributed by atoms with Gasteiger partial charge in [0, 0.05) is 11.6 Å². The lowest BCUT2D eigenvalue weighted by Gasteiger charge is -2.07. The average Bonchev–Trinajstić information content (AvgIpc) is 2.23. The Morgan fingerprint density at radius 2 is 1.94 bits per heavy atom. The zero-order valence-electron chi connectivity index (χ0n) is 8.45. The summed E-state index contributed by atoms with van der Waals surface area (Å²) >= 11 is 0. The smallest absolute Gasteiger partial charge is 0.417 e. The number of rotatable bonds is 1. The molecule has 88 valence electrons. The van der Waals surface area contributed by atoms with Crippen molar-refractivity contribution in [2.24, 2.45) is 0 Å². The fraction of sp³-hybridized carbons (Fsp3) is 0.0833. The SMILES string of the molecule is O=C(O)C=CC#Cc1ccccc1C(F)(F)F. The van der Waals surface area contributed by atoms with Crippen LogP contribution in [0.2, 0.25) is 0 Å². The molecule has 5 heteroatoms. The van der Waals surface area contributed by atoms with E-state index in [2.05, 4.69) is 11.8 Å². The van der Waals surface area contributed by atoms with Gasteiger partial charge in [-0.25, -0.2) is 4.79 Å². The van der Waals surface area contributed by atoms with Crippen LogP contribution in [0.1, 0.15) is 11.1 Å². The van der Waals surface area contributed by atoms with Gasteiger partial charge in [-0.2, -0.15) is 13.2 Å². The van der Waals surface area contributed by atoms with Crippen molar-refractivity contribution in [3.05, 3.63) is 47.5 Å². The molecule has 1 N–H and O–H groups in total. The molecule has 1 aromatic carbocycles. The maximum atomic E-state index is 12.5. The molecule has 0 radical (unpaired) electrons. The number of alkyl halides is 3. The summed E-state index contributed by atoms with van der Waals surface area (Å²) < 4.78 is 37.5. The molecular formula is C12H7F3O2. The molecule has 0 aliphatic heterocycles. The molecule has 0 amide bonds. The van der Waals surface area contributed by atoms with Crippen LogP contribution in [0.4, 0.5) is 13.2 Å². The zero-order chi connectivity index (χ0) is 12.9. The van der Waals surface area contributed by atoms with E-state index in [-0.39, 0.29) is 5.56 Å². The normalized spacial score (nSPS) is 11.0. The van der Waals surface area contributed by atoms with E-state index < -0.39 is 17.7 Å². The molecule has 2 nitrogen and oxygen atoms in total. The van der Waals surface area contributed by atoms with Gasteiger partial charge in [-0.1, -0.05) is 24.0 Å². The number of carboxylic acid groups (broad SMARTS) is 1. The highest BCUT2D eigenvalue weighted by molar-refractivity contribution is 5.80. The molecular weight excluding hydrogens is 233 g/mol. The van der Waals surface area contributed by atoms with E-state index in [0.29, 0.717) is 0 Å². The zero-order valence-corrected chi connectivity index (χ0v) is 8.45. The fourth-order valence-corrected chi connectivity index (χ4v) is 1.07. The van der Waals surface area contributed by atoms with E-state index in [0.717, 1.165) is 18.2 Å². The Hall–Kier alpha value is -2.22. The average molecular weight is 240 g/mol. The van der Waals surface area contributed by atoms with Crippen LogP contribution in [0.3, 0.4) is 0 Å². The van der Waals surface area contributed by atoms with Gasteiger partial charge >= 0.3 is 12.1 Å². The fourth-order valence-electron chi connectivity index (χ4n) is 1.07. The van der Waals surface area contributed by atoms with Crippen LogP contribution in [0.25, 0.3) is 0 Å². The molecule has 0 saturated heterocycles. The number of carbonyl (C=O) groups is 1. The van der Waals surface area contributed by atoms with Crippen molar-refractivity contribution in [3.8, 4) is 11.8 Å². The molecule has 0 bridgehead atoms. The molecule has 0 spiro atoms. The van der Waals surface area contributed by atoms with Crippen LogP contribution < -0.4 is 0 Å². The van der Waals surface area contributed by atoms with Gasteiger partial charge in [-0.3, -0.25) is 0 Å². The molecule has 0 heterocycles. The maximum absolute atomic E-state index is 12.5. The summed E-state index contributed by atoms with van der Waals surface area (Å²) in [6, 6.07) is 4.84. The summed E-state index contributed by atoms with van der Waals surface area (Å²) in [5, 5.41) is 8.26. The first-order valence-corrected chi connectivity index (χ1v) is 4.48. The topological polar surface area (TPSA) is 37.3 Å². The summed E-state index contributed by atoms with van der Waals surface area (Å²) in [6.07, 6.45) is -2.74. The molecule has 0 atom stereocenters. The van der Waals surface area contributed by atoms with Crippen molar-refractivity contribution >= 4 is 5.97 Å². The van der Waals surface area contributed by atoms with Gasteiger partial charge < -0.3 is 5.11 Å². The third-order valence-electron chi connectivity index (χ3n) is 1.75. The van der Waals surface area contributed by atoms with Gasteiger partial charge in [0.05, 0.1) is 5.56 Å². The summed E-state index contributed by atoms with van der Waals surface area (Å²) in [6.45, 7) is 0. The van der Waals surface area contributed by atoms with Crippen molar-refractivity contribution in [1.29, 1.82) is 0 Å². The Labute approximate surface area is 95.4 Å². The first kappa shape index (κ1) is 12.8. The van der Waals surface area contributed by atoms with Crippen LogP contribution in [-0.4, -0.2) is 11.1 Å². The Bertz CT molecular complexity index is 504. The van der Waals surface area contributed by atoms with Crippen LogP contribution in [0.5, 0.6) is 0 Å². The Morgan fingerprint density at radius 3 is 2.53 bits per heavy atom. The first-order valence-electron chi connectivity index (χ1n) is 4.48. The monoisotopic (exact) mass is 240 g/mol. The van der Waals surface area contributed by atoms with Crippen molar-refractivity contribution in [2.75, 3.05) is 0 Å². The van der Waals surface area contributed by atoms with Gasteiger partial charge in [0.15, 0.2) is 0 Å². The number of hydrogen-bond acceptors (Lipinski definition) is 1. The molecule has 1 rings (SSSR count). The number of allylic oxidation sites excluding steroid dienone is 1. The minimum atomic E-state index is -4.47. The van der Waals surface area contributed by atoms with Crippen LogP contribution in [0.15, 0.2) is 36.4 Å². The van der Waals surface area contributed by atoms with Crippen molar-refractivity contribution in [1.82, 2.24) is 0 Å². The van der Waals surface area contributed by atoms with Crippen LogP contribution in [0, 0.1) is 11.8 Å². The Morgan fingerprint density at radius 1 is 1.29 bits per heavy atom. The first-order chi connectivity index (χ1) is 7.91. The van der Waals surface area contributed by atoms with Gasteiger partial charge in [0.25, 0.3) is 0 Å². The van der Waals surface area contributed by atoms with Gasteiger partial charge in [-0.05, 0) is 18.2 Å². The predicted octanol–water partition coefficient (Wildman–Crippen LogP) is 2.70. The molecule has 0 unspecified atom stereocenters. The molecule has 0 fully saturated rings. The standard InChI is InChI=1S/C12H7F3O2/c13-12(14,15)10-7-3-1-5-9(10)6-2-4-8-11(16)17/h1,3-5,7-8H,(H,16,17). The van der Waals surface area contributed by atoms with E-state index in [4.69, 9.17) is 5.11 Å². The lowest BCUT2D eigenvalue weighted by Crippen LogP contribution is -2.07.